The third-order valence-corrected chi connectivity index (χ3v) is 2.68. The first-order chi connectivity index (χ1) is 7.33. The lowest BCUT2D eigenvalue weighted by molar-refractivity contribution is -0.00406. The summed E-state index contributed by atoms with van der Waals surface area (Å²) in [5.74, 6) is 0.695. The summed E-state index contributed by atoms with van der Waals surface area (Å²) < 4.78 is 11.1. The summed E-state index contributed by atoms with van der Waals surface area (Å²) in [6.45, 7) is 10.2. The van der Waals surface area contributed by atoms with Crippen LogP contribution in [0, 0.1) is 5.92 Å². The summed E-state index contributed by atoms with van der Waals surface area (Å²) in [6, 6.07) is 0. The molecule has 0 saturated carbocycles. The van der Waals surface area contributed by atoms with Gasteiger partial charge in [0, 0.05) is 32.9 Å². The number of hydrogen-bond acceptors (Lipinski definition) is 3. The molecular weight excluding hydrogens is 190 g/mol. The Labute approximate surface area is 92.8 Å². The minimum atomic E-state index is 0.285. The van der Waals surface area contributed by atoms with E-state index in [0.717, 1.165) is 45.8 Å². The van der Waals surface area contributed by atoms with E-state index in [2.05, 4.69) is 18.8 Å². The fourth-order valence-corrected chi connectivity index (χ4v) is 1.66. The van der Waals surface area contributed by atoms with Crippen molar-refractivity contribution in [1.82, 2.24) is 5.32 Å². The van der Waals surface area contributed by atoms with E-state index in [1.165, 1.54) is 0 Å². The number of nitrogens with one attached hydrogen (secondary N) is 1. The van der Waals surface area contributed by atoms with Crippen molar-refractivity contribution >= 4 is 0 Å². The highest BCUT2D eigenvalue weighted by molar-refractivity contribution is 4.71. The van der Waals surface area contributed by atoms with Gasteiger partial charge in [0.15, 0.2) is 0 Å². The Bertz CT molecular complexity index is 167. The predicted octanol–water partition coefficient (Wildman–Crippen LogP) is 1.59. The van der Waals surface area contributed by atoms with E-state index in [9.17, 15) is 0 Å². The molecule has 0 aromatic carbocycles. The van der Waals surface area contributed by atoms with E-state index >= 15 is 0 Å². The molecule has 3 heteroatoms. The molecule has 0 bridgehead atoms. The van der Waals surface area contributed by atoms with Crippen LogP contribution < -0.4 is 5.32 Å². The number of ether oxygens (including phenoxy) is 2. The number of rotatable bonds is 7. The molecule has 0 radical (unpaired) electrons. The molecule has 1 aliphatic rings. The van der Waals surface area contributed by atoms with Gasteiger partial charge in [0.1, 0.15) is 0 Å². The molecule has 1 heterocycles. The maximum Gasteiger partial charge on any atom is 0.0671 e. The van der Waals surface area contributed by atoms with Crippen LogP contribution >= 0.6 is 0 Å². The summed E-state index contributed by atoms with van der Waals surface area (Å²) in [5, 5.41) is 3.25. The van der Waals surface area contributed by atoms with Crippen LogP contribution in [0.4, 0.5) is 0 Å². The number of hydrogen-bond donors (Lipinski definition) is 1. The van der Waals surface area contributed by atoms with Gasteiger partial charge in [0.2, 0.25) is 0 Å². The van der Waals surface area contributed by atoms with Crippen LogP contribution in [0.25, 0.3) is 0 Å². The molecule has 0 amide bonds. The zero-order valence-electron chi connectivity index (χ0n) is 9.71. The van der Waals surface area contributed by atoms with Gasteiger partial charge in [0.25, 0.3) is 0 Å². The Kier molecular flexibility index (Phi) is 6.64. The van der Waals surface area contributed by atoms with Crippen LogP contribution in [0.3, 0.4) is 0 Å². The van der Waals surface area contributed by atoms with Crippen LogP contribution in [0.15, 0.2) is 12.7 Å². The van der Waals surface area contributed by atoms with Crippen molar-refractivity contribution in [2.24, 2.45) is 5.92 Å². The molecule has 0 aromatic heterocycles. The second-order valence-electron chi connectivity index (χ2n) is 4.15. The zero-order valence-corrected chi connectivity index (χ0v) is 9.71. The van der Waals surface area contributed by atoms with Crippen molar-refractivity contribution < 1.29 is 9.47 Å². The second kappa shape index (κ2) is 7.85. The van der Waals surface area contributed by atoms with E-state index in [1.807, 2.05) is 6.08 Å². The Hall–Kier alpha value is -0.380. The van der Waals surface area contributed by atoms with Crippen LogP contribution in [0.5, 0.6) is 0 Å². The summed E-state index contributed by atoms with van der Waals surface area (Å²) in [5.41, 5.74) is 0. The Balaban J connectivity index is 1.99. The van der Waals surface area contributed by atoms with Crippen LogP contribution in [0.2, 0.25) is 0 Å². The predicted molar refractivity (Wildman–Crippen MR) is 62.0 cm³/mol. The lowest BCUT2D eigenvalue weighted by atomic mass is 10.0. The first kappa shape index (κ1) is 12.7. The molecule has 1 unspecified atom stereocenters. The summed E-state index contributed by atoms with van der Waals surface area (Å²) in [7, 11) is 0. The van der Waals surface area contributed by atoms with Gasteiger partial charge in [-0.25, -0.2) is 0 Å². The first-order valence-corrected chi connectivity index (χ1v) is 5.84. The van der Waals surface area contributed by atoms with E-state index in [-0.39, 0.29) is 6.10 Å². The maximum atomic E-state index is 5.78. The van der Waals surface area contributed by atoms with Crippen LogP contribution in [0.1, 0.15) is 19.8 Å². The lowest BCUT2D eigenvalue weighted by Gasteiger charge is -2.23. The topological polar surface area (TPSA) is 30.5 Å². The van der Waals surface area contributed by atoms with Gasteiger partial charge >= 0.3 is 0 Å². The molecule has 1 fully saturated rings. The van der Waals surface area contributed by atoms with E-state index < -0.39 is 0 Å². The van der Waals surface area contributed by atoms with Crippen molar-refractivity contribution in [1.29, 1.82) is 0 Å². The van der Waals surface area contributed by atoms with E-state index in [0.29, 0.717) is 5.92 Å². The van der Waals surface area contributed by atoms with Gasteiger partial charge < -0.3 is 14.8 Å². The SMILES string of the molecule is C=CCNCC(C)OCC1CCOCC1. The molecule has 0 spiro atoms. The maximum absolute atomic E-state index is 5.78. The van der Waals surface area contributed by atoms with Crippen molar-refractivity contribution in [3.8, 4) is 0 Å². The van der Waals surface area contributed by atoms with Crippen molar-refractivity contribution in [2.45, 2.75) is 25.9 Å². The Morgan fingerprint density at radius 2 is 2.27 bits per heavy atom. The second-order valence-corrected chi connectivity index (χ2v) is 4.15. The lowest BCUT2D eigenvalue weighted by Crippen LogP contribution is -2.29. The minimum absolute atomic E-state index is 0.285. The zero-order chi connectivity index (χ0) is 10.9. The van der Waals surface area contributed by atoms with E-state index in [4.69, 9.17) is 9.47 Å². The molecule has 1 atom stereocenters. The van der Waals surface area contributed by atoms with Crippen LogP contribution in [-0.4, -0.2) is 39.0 Å². The standard InChI is InChI=1S/C12H23NO2/c1-3-6-13-9-11(2)15-10-12-4-7-14-8-5-12/h3,11-13H,1,4-10H2,2H3. The van der Waals surface area contributed by atoms with Gasteiger partial charge in [0.05, 0.1) is 6.10 Å². The fourth-order valence-electron chi connectivity index (χ4n) is 1.66. The molecule has 1 aliphatic heterocycles. The molecule has 1 N–H and O–H groups in total. The highest BCUT2D eigenvalue weighted by Crippen LogP contribution is 2.15. The third kappa shape index (κ3) is 5.92. The molecule has 1 saturated heterocycles. The molecule has 0 aromatic rings. The molecular formula is C12H23NO2. The van der Waals surface area contributed by atoms with Gasteiger partial charge in [-0.2, -0.15) is 0 Å². The third-order valence-electron chi connectivity index (χ3n) is 2.68. The molecule has 3 nitrogen and oxygen atoms in total. The van der Waals surface area contributed by atoms with Gasteiger partial charge in [-0.3, -0.25) is 0 Å². The highest BCUT2D eigenvalue weighted by Gasteiger charge is 2.14. The van der Waals surface area contributed by atoms with Crippen LogP contribution in [-0.2, 0) is 9.47 Å². The van der Waals surface area contributed by atoms with Crippen molar-refractivity contribution in [3.05, 3.63) is 12.7 Å². The molecule has 15 heavy (non-hydrogen) atoms. The average molecular weight is 213 g/mol. The smallest absolute Gasteiger partial charge is 0.0671 e. The van der Waals surface area contributed by atoms with Gasteiger partial charge in [-0.05, 0) is 25.7 Å². The minimum Gasteiger partial charge on any atom is -0.381 e. The molecule has 1 rings (SSSR count). The molecule has 88 valence electrons. The largest absolute Gasteiger partial charge is 0.381 e. The Morgan fingerprint density at radius 3 is 2.93 bits per heavy atom. The Morgan fingerprint density at radius 1 is 1.53 bits per heavy atom. The quantitative estimate of drug-likeness (QED) is 0.514. The highest BCUT2D eigenvalue weighted by atomic mass is 16.5. The monoisotopic (exact) mass is 213 g/mol. The normalized spacial score (nSPS) is 20.1. The van der Waals surface area contributed by atoms with E-state index in [1.54, 1.807) is 0 Å². The van der Waals surface area contributed by atoms with Gasteiger partial charge in [-0.15, -0.1) is 6.58 Å². The summed E-state index contributed by atoms with van der Waals surface area (Å²) in [6.07, 6.45) is 4.44. The summed E-state index contributed by atoms with van der Waals surface area (Å²) >= 11 is 0. The summed E-state index contributed by atoms with van der Waals surface area (Å²) in [4.78, 5) is 0. The molecule has 0 aliphatic carbocycles. The van der Waals surface area contributed by atoms with Crippen molar-refractivity contribution in [2.75, 3.05) is 32.9 Å². The first-order valence-electron chi connectivity index (χ1n) is 5.84. The van der Waals surface area contributed by atoms with Gasteiger partial charge in [-0.1, -0.05) is 6.08 Å². The average Bonchev–Trinajstić information content (AvgIpc) is 2.28. The fraction of sp³-hybridized carbons (Fsp3) is 0.833. The van der Waals surface area contributed by atoms with Crippen molar-refractivity contribution in [3.63, 3.8) is 0 Å².